The van der Waals surface area contributed by atoms with Gasteiger partial charge < -0.3 is 10.0 Å². The highest BCUT2D eigenvalue weighted by molar-refractivity contribution is 7.13. The molecular weight excluding hydrogens is 258 g/mol. The van der Waals surface area contributed by atoms with Crippen LogP contribution in [0, 0.1) is 0 Å². The van der Waals surface area contributed by atoms with Gasteiger partial charge in [-0.15, -0.1) is 11.3 Å². The maximum absolute atomic E-state index is 9.56. The van der Waals surface area contributed by atoms with E-state index in [9.17, 15) is 5.11 Å². The number of hydrogen-bond donors (Lipinski definition) is 1. The van der Waals surface area contributed by atoms with E-state index in [0.29, 0.717) is 18.6 Å². The number of aliphatic hydroxyl groups excluding tert-OH is 1. The van der Waals surface area contributed by atoms with Crippen LogP contribution in [0.15, 0.2) is 5.38 Å². The fraction of sp³-hybridized carbons (Fsp3) is 0.786. The van der Waals surface area contributed by atoms with Crippen molar-refractivity contribution in [2.45, 2.75) is 58.3 Å². The third-order valence-electron chi connectivity index (χ3n) is 3.53. The van der Waals surface area contributed by atoms with E-state index < -0.39 is 0 Å². The van der Waals surface area contributed by atoms with Crippen LogP contribution in [-0.4, -0.2) is 46.8 Å². The van der Waals surface area contributed by atoms with Gasteiger partial charge in [0, 0.05) is 37.6 Å². The lowest BCUT2D eigenvalue weighted by Crippen LogP contribution is -2.36. The molecule has 1 aliphatic carbocycles. The van der Waals surface area contributed by atoms with Crippen LogP contribution in [0.4, 0.5) is 5.13 Å². The summed E-state index contributed by atoms with van der Waals surface area (Å²) in [4.78, 5) is 9.28. The molecular formula is C14H25N3OS. The fourth-order valence-electron chi connectivity index (χ4n) is 2.15. The van der Waals surface area contributed by atoms with E-state index in [-0.39, 0.29) is 6.10 Å². The third kappa shape index (κ3) is 4.16. The number of hydrogen-bond acceptors (Lipinski definition) is 5. The van der Waals surface area contributed by atoms with Crippen molar-refractivity contribution in [3.63, 3.8) is 0 Å². The molecule has 1 atom stereocenters. The lowest BCUT2D eigenvalue weighted by molar-refractivity contribution is 0.102. The normalized spacial score (nSPS) is 17.2. The Morgan fingerprint density at radius 3 is 2.63 bits per heavy atom. The minimum Gasteiger partial charge on any atom is -0.392 e. The molecule has 2 rings (SSSR count). The number of rotatable bonds is 7. The summed E-state index contributed by atoms with van der Waals surface area (Å²) in [6, 6.07) is 1.12. The van der Waals surface area contributed by atoms with Gasteiger partial charge in [0.2, 0.25) is 0 Å². The first kappa shape index (κ1) is 14.8. The van der Waals surface area contributed by atoms with Gasteiger partial charge in [-0.3, -0.25) is 4.90 Å². The molecule has 0 spiro atoms. The second kappa shape index (κ2) is 6.20. The second-order valence-corrected chi connectivity index (χ2v) is 6.67. The number of aliphatic hydroxyl groups is 1. The predicted octanol–water partition coefficient (Wildman–Crippen LogP) is 2.33. The summed E-state index contributed by atoms with van der Waals surface area (Å²) >= 11 is 1.72. The number of thiazole rings is 1. The number of anilines is 1. The van der Waals surface area contributed by atoms with Crippen molar-refractivity contribution in [1.82, 2.24) is 9.88 Å². The lowest BCUT2D eigenvalue weighted by atomic mass is 10.2. The fourth-order valence-corrected chi connectivity index (χ4v) is 3.01. The van der Waals surface area contributed by atoms with Crippen molar-refractivity contribution >= 4 is 16.5 Å². The van der Waals surface area contributed by atoms with Gasteiger partial charge in [-0.1, -0.05) is 0 Å². The van der Waals surface area contributed by atoms with Gasteiger partial charge in [-0.2, -0.15) is 0 Å². The molecule has 1 aliphatic rings. The van der Waals surface area contributed by atoms with Gasteiger partial charge in [-0.25, -0.2) is 4.98 Å². The first-order chi connectivity index (χ1) is 8.97. The molecule has 1 N–H and O–H groups in total. The van der Waals surface area contributed by atoms with E-state index in [0.717, 1.165) is 17.4 Å². The Kier molecular flexibility index (Phi) is 4.81. The Labute approximate surface area is 120 Å². The standard InChI is InChI=1S/C14H25N3OS/c1-10(2)17(7-11(3)18)8-12-9-19-14(15-12)16(4)13-5-6-13/h9-11,13,18H,5-8H2,1-4H3/t11-/m0/s1. The van der Waals surface area contributed by atoms with Crippen molar-refractivity contribution < 1.29 is 5.11 Å². The average molecular weight is 283 g/mol. The highest BCUT2D eigenvalue weighted by atomic mass is 32.1. The molecule has 5 heteroatoms. The molecule has 1 heterocycles. The highest BCUT2D eigenvalue weighted by Gasteiger charge is 2.28. The van der Waals surface area contributed by atoms with Crippen LogP contribution in [0.2, 0.25) is 0 Å². The molecule has 0 amide bonds. The van der Waals surface area contributed by atoms with Gasteiger partial charge in [0.05, 0.1) is 11.8 Å². The van der Waals surface area contributed by atoms with Gasteiger partial charge in [0.15, 0.2) is 5.13 Å². The van der Waals surface area contributed by atoms with Crippen LogP contribution in [0.5, 0.6) is 0 Å². The summed E-state index contributed by atoms with van der Waals surface area (Å²) in [7, 11) is 2.14. The van der Waals surface area contributed by atoms with E-state index in [1.165, 1.54) is 12.8 Å². The first-order valence-corrected chi connectivity index (χ1v) is 7.94. The summed E-state index contributed by atoms with van der Waals surface area (Å²) in [6.07, 6.45) is 2.30. The molecule has 0 aliphatic heterocycles. The summed E-state index contributed by atoms with van der Waals surface area (Å²) in [5.41, 5.74) is 1.11. The molecule has 0 unspecified atom stereocenters. The molecule has 1 saturated carbocycles. The monoisotopic (exact) mass is 283 g/mol. The average Bonchev–Trinajstić information content (AvgIpc) is 3.07. The van der Waals surface area contributed by atoms with Crippen molar-refractivity contribution in [2.75, 3.05) is 18.5 Å². The van der Waals surface area contributed by atoms with Gasteiger partial charge in [-0.05, 0) is 33.6 Å². The Morgan fingerprint density at radius 1 is 1.42 bits per heavy atom. The summed E-state index contributed by atoms with van der Waals surface area (Å²) < 4.78 is 0. The minimum atomic E-state index is -0.297. The Bertz CT molecular complexity index is 401. The number of nitrogens with zero attached hydrogens (tertiary/aromatic N) is 3. The zero-order valence-electron chi connectivity index (χ0n) is 12.3. The lowest BCUT2D eigenvalue weighted by Gasteiger charge is -2.26. The van der Waals surface area contributed by atoms with Crippen LogP contribution >= 0.6 is 11.3 Å². The first-order valence-electron chi connectivity index (χ1n) is 7.06. The SMILES string of the molecule is CC(C)N(Cc1csc(N(C)C2CC2)n1)C[C@H](C)O. The van der Waals surface area contributed by atoms with E-state index >= 15 is 0 Å². The predicted molar refractivity (Wildman–Crippen MR) is 80.8 cm³/mol. The Hall–Kier alpha value is -0.650. The van der Waals surface area contributed by atoms with E-state index in [2.05, 4.69) is 36.1 Å². The molecule has 1 fully saturated rings. The van der Waals surface area contributed by atoms with Crippen LogP contribution in [0.1, 0.15) is 39.3 Å². The van der Waals surface area contributed by atoms with Crippen LogP contribution in [-0.2, 0) is 6.54 Å². The van der Waals surface area contributed by atoms with Crippen LogP contribution in [0.3, 0.4) is 0 Å². The summed E-state index contributed by atoms with van der Waals surface area (Å²) in [6.45, 7) is 7.67. The molecule has 0 saturated heterocycles. The zero-order chi connectivity index (χ0) is 14.0. The molecule has 108 valence electrons. The smallest absolute Gasteiger partial charge is 0.185 e. The van der Waals surface area contributed by atoms with Crippen molar-refractivity contribution in [2.24, 2.45) is 0 Å². The van der Waals surface area contributed by atoms with Gasteiger partial charge in [0.25, 0.3) is 0 Å². The third-order valence-corrected chi connectivity index (χ3v) is 4.51. The zero-order valence-corrected chi connectivity index (χ0v) is 13.2. The highest BCUT2D eigenvalue weighted by Crippen LogP contribution is 2.32. The quantitative estimate of drug-likeness (QED) is 0.834. The minimum absolute atomic E-state index is 0.297. The molecule has 1 aromatic heterocycles. The Balaban J connectivity index is 1.96. The summed E-state index contributed by atoms with van der Waals surface area (Å²) in [5.74, 6) is 0. The molecule has 1 aromatic rings. The summed E-state index contributed by atoms with van der Waals surface area (Å²) in [5, 5.41) is 12.8. The maximum Gasteiger partial charge on any atom is 0.185 e. The largest absolute Gasteiger partial charge is 0.392 e. The van der Waals surface area contributed by atoms with E-state index in [1.807, 2.05) is 6.92 Å². The maximum atomic E-state index is 9.56. The van der Waals surface area contributed by atoms with Crippen molar-refractivity contribution in [3.05, 3.63) is 11.1 Å². The van der Waals surface area contributed by atoms with E-state index in [4.69, 9.17) is 4.98 Å². The van der Waals surface area contributed by atoms with Crippen LogP contribution < -0.4 is 4.90 Å². The number of aromatic nitrogens is 1. The van der Waals surface area contributed by atoms with E-state index in [1.54, 1.807) is 11.3 Å². The topological polar surface area (TPSA) is 39.6 Å². The van der Waals surface area contributed by atoms with Crippen molar-refractivity contribution in [3.8, 4) is 0 Å². The molecule has 19 heavy (non-hydrogen) atoms. The van der Waals surface area contributed by atoms with Crippen LogP contribution in [0.25, 0.3) is 0 Å². The van der Waals surface area contributed by atoms with Gasteiger partial charge in [0.1, 0.15) is 0 Å². The molecule has 4 nitrogen and oxygen atoms in total. The molecule has 0 radical (unpaired) electrons. The second-order valence-electron chi connectivity index (χ2n) is 5.84. The van der Waals surface area contributed by atoms with Crippen molar-refractivity contribution in [1.29, 1.82) is 0 Å². The van der Waals surface area contributed by atoms with Gasteiger partial charge >= 0.3 is 0 Å². The molecule has 0 bridgehead atoms. The Morgan fingerprint density at radius 2 is 2.11 bits per heavy atom. The molecule has 0 aromatic carbocycles.